The molecule has 9 heteroatoms. The zero-order valence-electron chi connectivity index (χ0n) is 10.3. The molecule has 0 atom stereocenters. The molecule has 0 aliphatic heterocycles. The highest BCUT2D eigenvalue weighted by atomic mass is 35.5. The van der Waals surface area contributed by atoms with E-state index < -0.39 is 21.7 Å². The molecule has 2 rings (SSSR count). The molecule has 0 unspecified atom stereocenters. The Balaban J connectivity index is 2.08. The van der Waals surface area contributed by atoms with Gasteiger partial charge in [-0.2, -0.15) is 0 Å². The fraction of sp³-hybridized carbons (Fsp3) is 0. The number of hydrogen-bond donors (Lipinski definition) is 1. The van der Waals surface area contributed by atoms with E-state index in [9.17, 15) is 17.6 Å². The number of hydrogen-bond acceptors (Lipinski definition) is 5. The van der Waals surface area contributed by atoms with Gasteiger partial charge in [-0.15, -0.1) is 11.3 Å². The maximum absolute atomic E-state index is 12.9. The van der Waals surface area contributed by atoms with E-state index in [0.717, 1.165) is 29.7 Å². The summed E-state index contributed by atoms with van der Waals surface area (Å²) in [5.74, 6) is -1.41. The first kappa shape index (κ1) is 15.6. The van der Waals surface area contributed by atoms with Crippen LogP contribution in [-0.2, 0) is 14.8 Å². The summed E-state index contributed by atoms with van der Waals surface area (Å²) in [5.41, 5.74) is 0.335. The van der Waals surface area contributed by atoms with Crippen LogP contribution in [0, 0.1) is 5.82 Å². The Labute approximate surface area is 129 Å². The van der Waals surface area contributed by atoms with Gasteiger partial charge in [0.1, 0.15) is 10.0 Å². The highest BCUT2D eigenvalue weighted by Gasteiger charge is 2.18. The van der Waals surface area contributed by atoms with Gasteiger partial charge in [-0.05, 0) is 29.8 Å². The summed E-state index contributed by atoms with van der Waals surface area (Å²) in [4.78, 5) is 15.2. The largest absolute Gasteiger partial charge is 0.273 e. The number of thiophene rings is 1. The lowest BCUT2D eigenvalue weighted by Crippen LogP contribution is -2.28. The van der Waals surface area contributed by atoms with Gasteiger partial charge in [0.05, 0.1) is 10.5 Å². The van der Waals surface area contributed by atoms with Crippen LogP contribution in [-0.4, -0.2) is 19.3 Å². The molecule has 2 aromatic rings. The van der Waals surface area contributed by atoms with Crippen molar-refractivity contribution in [2.75, 3.05) is 0 Å². The van der Waals surface area contributed by atoms with Crippen molar-refractivity contribution >= 4 is 44.9 Å². The lowest BCUT2D eigenvalue weighted by Gasteiger charge is -2.01. The Morgan fingerprint density at radius 1 is 1.38 bits per heavy atom. The molecule has 0 bridgehead atoms. The molecule has 0 saturated heterocycles. The van der Waals surface area contributed by atoms with Gasteiger partial charge in [-0.3, -0.25) is 9.78 Å². The molecule has 0 spiro atoms. The lowest BCUT2D eigenvalue weighted by atomic mass is 10.2. The summed E-state index contributed by atoms with van der Waals surface area (Å²) in [5, 5.41) is 0. The second-order valence-electron chi connectivity index (χ2n) is 3.80. The average Bonchev–Trinajstić information content (AvgIpc) is 2.84. The standard InChI is InChI=1S/C12H8ClFN2O3S2/c13-10-2-4-12(20-10)21(18,19)16-11(17)3-1-8-5-9(14)7-15-6-8/h1-7H,(H,16,17). The molecule has 1 amide bonds. The first-order chi connectivity index (χ1) is 9.87. The van der Waals surface area contributed by atoms with Crippen LogP contribution in [0.15, 0.2) is 40.9 Å². The number of aromatic nitrogens is 1. The van der Waals surface area contributed by atoms with Crippen LogP contribution in [0.25, 0.3) is 6.08 Å². The zero-order chi connectivity index (χ0) is 15.5. The Kier molecular flexibility index (Phi) is 4.71. The van der Waals surface area contributed by atoms with Crippen LogP contribution in [0.2, 0.25) is 4.34 Å². The van der Waals surface area contributed by atoms with Crippen molar-refractivity contribution in [3.05, 3.63) is 52.4 Å². The monoisotopic (exact) mass is 346 g/mol. The molecular formula is C12H8ClFN2O3S2. The van der Waals surface area contributed by atoms with E-state index in [1.54, 1.807) is 0 Å². The third-order valence-corrected chi connectivity index (χ3v) is 5.27. The van der Waals surface area contributed by atoms with E-state index in [1.165, 1.54) is 24.4 Å². The van der Waals surface area contributed by atoms with Crippen molar-refractivity contribution in [2.24, 2.45) is 0 Å². The van der Waals surface area contributed by atoms with Crippen LogP contribution < -0.4 is 4.72 Å². The highest BCUT2D eigenvalue weighted by Crippen LogP contribution is 2.25. The molecular weight excluding hydrogens is 339 g/mol. The number of amides is 1. The third kappa shape index (κ3) is 4.35. The minimum atomic E-state index is -3.96. The molecule has 0 aliphatic rings. The van der Waals surface area contributed by atoms with E-state index >= 15 is 0 Å². The number of carbonyl (C=O) groups is 1. The zero-order valence-corrected chi connectivity index (χ0v) is 12.7. The maximum atomic E-state index is 12.9. The van der Waals surface area contributed by atoms with Gasteiger partial charge in [-0.1, -0.05) is 11.6 Å². The normalized spacial score (nSPS) is 11.7. The molecule has 0 aliphatic carbocycles. The van der Waals surface area contributed by atoms with Crippen LogP contribution in [0.5, 0.6) is 0 Å². The van der Waals surface area contributed by atoms with E-state index in [0.29, 0.717) is 9.90 Å². The summed E-state index contributed by atoms with van der Waals surface area (Å²) >= 11 is 6.48. The van der Waals surface area contributed by atoms with Crippen molar-refractivity contribution in [1.82, 2.24) is 9.71 Å². The fourth-order valence-electron chi connectivity index (χ4n) is 1.35. The van der Waals surface area contributed by atoms with E-state index in [2.05, 4.69) is 4.98 Å². The number of rotatable bonds is 4. The van der Waals surface area contributed by atoms with Gasteiger partial charge < -0.3 is 0 Å². The predicted molar refractivity (Wildman–Crippen MR) is 77.9 cm³/mol. The highest BCUT2D eigenvalue weighted by molar-refractivity contribution is 7.92. The number of nitrogens with one attached hydrogen (secondary N) is 1. The third-order valence-electron chi connectivity index (χ3n) is 2.20. The molecule has 2 aromatic heterocycles. The Hall–Kier alpha value is -1.77. The molecule has 21 heavy (non-hydrogen) atoms. The van der Waals surface area contributed by atoms with E-state index in [-0.39, 0.29) is 4.21 Å². The van der Waals surface area contributed by atoms with Crippen molar-refractivity contribution in [3.8, 4) is 0 Å². The Bertz CT molecular complexity index is 802. The van der Waals surface area contributed by atoms with Crippen LogP contribution in [0.3, 0.4) is 0 Å². The topological polar surface area (TPSA) is 76.1 Å². The van der Waals surface area contributed by atoms with Crippen molar-refractivity contribution in [3.63, 3.8) is 0 Å². The summed E-state index contributed by atoms with van der Waals surface area (Å²) < 4.78 is 38.6. The number of carbonyl (C=O) groups excluding carboxylic acids is 1. The molecule has 0 fully saturated rings. The number of nitrogens with zero attached hydrogens (tertiary/aromatic N) is 1. The van der Waals surface area contributed by atoms with Crippen LogP contribution >= 0.6 is 22.9 Å². The number of halogens is 2. The van der Waals surface area contributed by atoms with Gasteiger partial charge in [0.2, 0.25) is 0 Å². The Morgan fingerprint density at radius 2 is 2.14 bits per heavy atom. The van der Waals surface area contributed by atoms with Crippen LogP contribution in [0.4, 0.5) is 4.39 Å². The van der Waals surface area contributed by atoms with Gasteiger partial charge in [0.25, 0.3) is 15.9 Å². The summed E-state index contributed by atoms with van der Waals surface area (Å²) in [6.45, 7) is 0. The Morgan fingerprint density at radius 3 is 2.76 bits per heavy atom. The quantitative estimate of drug-likeness (QED) is 0.863. The number of sulfonamides is 1. The van der Waals surface area contributed by atoms with E-state index in [4.69, 9.17) is 11.6 Å². The average molecular weight is 347 g/mol. The minimum Gasteiger partial charge on any atom is -0.269 e. The predicted octanol–water partition coefficient (Wildman–Crippen LogP) is 2.45. The first-order valence-electron chi connectivity index (χ1n) is 5.47. The molecule has 0 aromatic carbocycles. The summed E-state index contributed by atoms with van der Waals surface area (Å²) in [6.07, 6.45) is 4.58. The van der Waals surface area contributed by atoms with E-state index in [1.807, 2.05) is 4.72 Å². The molecule has 0 saturated carbocycles. The van der Waals surface area contributed by atoms with Gasteiger partial charge in [0, 0.05) is 12.3 Å². The van der Waals surface area contributed by atoms with Crippen molar-refractivity contribution in [1.29, 1.82) is 0 Å². The van der Waals surface area contributed by atoms with Crippen molar-refractivity contribution in [2.45, 2.75) is 4.21 Å². The van der Waals surface area contributed by atoms with Crippen LogP contribution in [0.1, 0.15) is 5.56 Å². The van der Waals surface area contributed by atoms with Gasteiger partial charge in [0.15, 0.2) is 0 Å². The molecule has 2 heterocycles. The summed E-state index contributed by atoms with van der Waals surface area (Å²) in [7, 11) is -3.96. The molecule has 1 N–H and O–H groups in total. The lowest BCUT2D eigenvalue weighted by molar-refractivity contribution is -0.114. The van der Waals surface area contributed by atoms with Gasteiger partial charge >= 0.3 is 0 Å². The summed E-state index contributed by atoms with van der Waals surface area (Å²) in [6, 6.07) is 3.87. The fourth-order valence-corrected chi connectivity index (χ4v) is 3.78. The second-order valence-corrected chi connectivity index (χ2v) is 7.42. The smallest absolute Gasteiger partial charge is 0.269 e. The molecule has 110 valence electrons. The maximum Gasteiger partial charge on any atom is 0.273 e. The second kappa shape index (κ2) is 6.33. The molecule has 0 radical (unpaired) electrons. The SMILES string of the molecule is O=C(C=Cc1cncc(F)c1)NS(=O)(=O)c1ccc(Cl)s1. The number of pyridine rings is 1. The van der Waals surface area contributed by atoms with Gasteiger partial charge in [-0.25, -0.2) is 17.5 Å². The molecule has 5 nitrogen and oxygen atoms in total. The van der Waals surface area contributed by atoms with Crippen molar-refractivity contribution < 1.29 is 17.6 Å². The minimum absolute atomic E-state index is 0.0679. The first-order valence-corrected chi connectivity index (χ1v) is 8.15.